The third-order valence-electron chi connectivity index (χ3n) is 4.22. The Morgan fingerprint density at radius 2 is 1.81 bits per heavy atom. The fraction of sp³-hybridized carbons (Fsp3) is 0.875. The highest BCUT2D eigenvalue weighted by molar-refractivity contribution is 5.91. The molecule has 1 rings (SSSR count). The molecule has 1 N–H and O–H groups in total. The lowest BCUT2D eigenvalue weighted by Crippen LogP contribution is -2.53. The molecule has 21 heavy (non-hydrogen) atoms. The Morgan fingerprint density at radius 1 is 1.24 bits per heavy atom. The van der Waals surface area contributed by atoms with Gasteiger partial charge < -0.3 is 15.0 Å². The Morgan fingerprint density at radius 3 is 2.29 bits per heavy atom. The second-order valence-corrected chi connectivity index (χ2v) is 7.67. The van der Waals surface area contributed by atoms with Gasteiger partial charge in [0.05, 0.1) is 5.60 Å². The van der Waals surface area contributed by atoms with Crippen molar-refractivity contribution in [3.05, 3.63) is 0 Å². The van der Waals surface area contributed by atoms with Crippen LogP contribution in [-0.4, -0.2) is 48.1 Å². The molecule has 1 heterocycles. The highest BCUT2D eigenvalue weighted by Crippen LogP contribution is 2.26. The third-order valence-corrected chi connectivity index (χ3v) is 4.22. The van der Waals surface area contributed by atoms with E-state index < -0.39 is 6.04 Å². The van der Waals surface area contributed by atoms with Crippen molar-refractivity contribution in [3.63, 3.8) is 0 Å². The SMILES string of the molecule is COC(C)(C)CCN1C(=O)C(C(C)(C)C)NC(=O)CC1C. The first-order valence-corrected chi connectivity index (χ1v) is 7.63. The van der Waals surface area contributed by atoms with Gasteiger partial charge in [-0.25, -0.2) is 0 Å². The van der Waals surface area contributed by atoms with Crippen molar-refractivity contribution in [2.45, 2.75) is 72.1 Å². The summed E-state index contributed by atoms with van der Waals surface area (Å²) < 4.78 is 5.43. The van der Waals surface area contributed by atoms with Crippen molar-refractivity contribution < 1.29 is 14.3 Å². The normalized spacial score (nSPS) is 24.8. The summed E-state index contributed by atoms with van der Waals surface area (Å²) in [5, 5.41) is 2.88. The topological polar surface area (TPSA) is 58.6 Å². The summed E-state index contributed by atoms with van der Waals surface area (Å²) in [5.41, 5.74) is -0.577. The van der Waals surface area contributed by atoms with Crippen molar-refractivity contribution in [2.75, 3.05) is 13.7 Å². The van der Waals surface area contributed by atoms with Gasteiger partial charge in [-0.2, -0.15) is 0 Å². The lowest BCUT2D eigenvalue weighted by Gasteiger charge is -2.35. The van der Waals surface area contributed by atoms with E-state index in [0.717, 1.165) is 6.42 Å². The first-order valence-electron chi connectivity index (χ1n) is 7.63. The molecule has 122 valence electrons. The van der Waals surface area contributed by atoms with E-state index in [1.165, 1.54) is 0 Å². The minimum atomic E-state index is -0.472. The molecule has 1 fully saturated rings. The molecule has 1 saturated heterocycles. The highest BCUT2D eigenvalue weighted by atomic mass is 16.5. The number of nitrogens with zero attached hydrogens (tertiary/aromatic N) is 1. The fourth-order valence-corrected chi connectivity index (χ4v) is 2.45. The summed E-state index contributed by atoms with van der Waals surface area (Å²) in [6, 6.07) is -0.557. The number of ether oxygens (including phenoxy) is 1. The van der Waals surface area contributed by atoms with Crippen molar-refractivity contribution in [2.24, 2.45) is 5.41 Å². The van der Waals surface area contributed by atoms with Gasteiger partial charge in [0.2, 0.25) is 11.8 Å². The summed E-state index contributed by atoms with van der Waals surface area (Å²) in [4.78, 5) is 26.6. The lowest BCUT2D eigenvalue weighted by atomic mass is 9.85. The molecule has 0 spiro atoms. The van der Waals surface area contributed by atoms with E-state index in [-0.39, 0.29) is 28.9 Å². The van der Waals surface area contributed by atoms with E-state index in [2.05, 4.69) is 5.32 Å². The van der Waals surface area contributed by atoms with E-state index in [1.54, 1.807) is 7.11 Å². The number of hydrogen-bond acceptors (Lipinski definition) is 3. The van der Waals surface area contributed by atoms with Crippen LogP contribution in [0.15, 0.2) is 0 Å². The number of carbonyl (C=O) groups excluding carboxylic acids is 2. The Labute approximate surface area is 128 Å². The number of amides is 2. The van der Waals surface area contributed by atoms with Gasteiger partial charge in [-0.05, 0) is 32.6 Å². The first-order chi connectivity index (χ1) is 9.48. The molecule has 0 aliphatic carbocycles. The summed E-state index contributed by atoms with van der Waals surface area (Å²) in [6.07, 6.45) is 1.09. The average molecular weight is 298 g/mol. The van der Waals surface area contributed by atoms with Crippen LogP contribution in [0.3, 0.4) is 0 Å². The van der Waals surface area contributed by atoms with Crippen LogP contribution in [0.1, 0.15) is 54.4 Å². The molecule has 5 nitrogen and oxygen atoms in total. The summed E-state index contributed by atoms with van der Waals surface area (Å²) in [5.74, 6) is -0.0444. The van der Waals surface area contributed by atoms with Crippen LogP contribution in [-0.2, 0) is 14.3 Å². The zero-order chi connectivity index (χ0) is 16.4. The molecule has 0 saturated carbocycles. The lowest BCUT2D eigenvalue weighted by molar-refractivity contribution is -0.138. The zero-order valence-corrected chi connectivity index (χ0v) is 14.4. The molecule has 5 heteroatoms. The highest BCUT2D eigenvalue weighted by Gasteiger charge is 2.40. The molecular formula is C16H30N2O3. The smallest absolute Gasteiger partial charge is 0.245 e. The minimum Gasteiger partial charge on any atom is -0.379 e. The summed E-state index contributed by atoms with van der Waals surface area (Å²) >= 11 is 0. The van der Waals surface area contributed by atoms with Gasteiger partial charge in [0.15, 0.2) is 0 Å². The molecule has 0 bridgehead atoms. The molecule has 0 aromatic heterocycles. The summed E-state index contributed by atoms with van der Waals surface area (Å²) in [7, 11) is 1.68. The number of hydrogen-bond donors (Lipinski definition) is 1. The van der Waals surface area contributed by atoms with Crippen LogP contribution in [0.5, 0.6) is 0 Å². The predicted molar refractivity (Wildman–Crippen MR) is 82.9 cm³/mol. The van der Waals surface area contributed by atoms with Crippen molar-refractivity contribution in [1.82, 2.24) is 10.2 Å². The van der Waals surface area contributed by atoms with Gasteiger partial charge in [0.1, 0.15) is 6.04 Å². The minimum absolute atomic E-state index is 0.00718. The summed E-state index contributed by atoms with van der Waals surface area (Å²) in [6.45, 7) is 12.5. The quantitative estimate of drug-likeness (QED) is 0.863. The molecule has 1 aliphatic rings. The maximum atomic E-state index is 12.8. The fourth-order valence-electron chi connectivity index (χ4n) is 2.45. The van der Waals surface area contributed by atoms with Gasteiger partial charge in [0, 0.05) is 26.1 Å². The molecule has 0 radical (unpaired) electrons. The second kappa shape index (κ2) is 6.34. The Hall–Kier alpha value is -1.10. The zero-order valence-electron chi connectivity index (χ0n) is 14.4. The van der Waals surface area contributed by atoms with E-state index in [4.69, 9.17) is 4.74 Å². The maximum absolute atomic E-state index is 12.8. The van der Waals surface area contributed by atoms with Crippen LogP contribution in [0.2, 0.25) is 0 Å². The maximum Gasteiger partial charge on any atom is 0.245 e. The number of rotatable bonds is 4. The van der Waals surface area contributed by atoms with Crippen molar-refractivity contribution in [1.29, 1.82) is 0 Å². The molecule has 0 aromatic carbocycles. The van der Waals surface area contributed by atoms with E-state index in [1.807, 2.05) is 46.4 Å². The molecule has 0 aromatic rings. The average Bonchev–Trinajstić information content (AvgIpc) is 2.44. The van der Waals surface area contributed by atoms with Gasteiger partial charge >= 0.3 is 0 Å². The van der Waals surface area contributed by atoms with Crippen molar-refractivity contribution >= 4 is 11.8 Å². The predicted octanol–water partition coefficient (Wildman–Crippen LogP) is 1.95. The third kappa shape index (κ3) is 4.70. The molecule has 2 amide bonds. The second-order valence-electron chi connectivity index (χ2n) is 7.67. The van der Waals surface area contributed by atoms with Crippen LogP contribution in [0.4, 0.5) is 0 Å². The largest absolute Gasteiger partial charge is 0.379 e. The standard InChI is InChI=1S/C16H30N2O3/c1-11-10-12(19)17-13(15(2,3)4)14(20)18(11)9-8-16(5,6)21-7/h11,13H,8-10H2,1-7H3,(H,17,19). The van der Waals surface area contributed by atoms with Crippen LogP contribution in [0.25, 0.3) is 0 Å². The van der Waals surface area contributed by atoms with Crippen molar-refractivity contribution in [3.8, 4) is 0 Å². The van der Waals surface area contributed by atoms with E-state index in [0.29, 0.717) is 13.0 Å². The van der Waals surface area contributed by atoms with Gasteiger partial charge in [-0.1, -0.05) is 20.8 Å². The molecule has 2 atom stereocenters. The van der Waals surface area contributed by atoms with Gasteiger partial charge in [-0.15, -0.1) is 0 Å². The van der Waals surface area contributed by atoms with E-state index >= 15 is 0 Å². The van der Waals surface area contributed by atoms with Gasteiger partial charge in [0.25, 0.3) is 0 Å². The number of methoxy groups -OCH3 is 1. The molecule has 1 aliphatic heterocycles. The Bertz CT molecular complexity index is 399. The number of carbonyl (C=O) groups is 2. The monoisotopic (exact) mass is 298 g/mol. The number of nitrogens with one attached hydrogen (secondary N) is 1. The first kappa shape index (κ1) is 18.0. The van der Waals surface area contributed by atoms with E-state index in [9.17, 15) is 9.59 Å². The van der Waals surface area contributed by atoms with Gasteiger partial charge in [-0.3, -0.25) is 9.59 Å². The Balaban J connectivity index is 2.93. The Kier molecular flexibility index (Phi) is 5.42. The molecular weight excluding hydrogens is 268 g/mol. The van der Waals surface area contributed by atoms with Crippen LogP contribution in [0, 0.1) is 5.41 Å². The van der Waals surface area contributed by atoms with Crippen LogP contribution >= 0.6 is 0 Å². The van der Waals surface area contributed by atoms with Crippen LogP contribution < -0.4 is 5.32 Å². The molecule has 2 unspecified atom stereocenters.